The number of rotatable bonds is 6. The quantitative estimate of drug-likeness (QED) is 0.820. The molecule has 0 atom stereocenters. The molecule has 0 aromatic carbocycles. The van der Waals surface area contributed by atoms with Crippen LogP contribution in [0.15, 0.2) is 18.5 Å². The van der Waals surface area contributed by atoms with Gasteiger partial charge in [0.2, 0.25) is 0 Å². The third-order valence-corrected chi connectivity index (χ3v) is 3.83. The number of halogens is 1. The average Bonchev–Trinajstić information content (AvgIpc) is 2.48. The SMILES string of the molecule is O=C(NCCCOC1CCCCC1)c1ccncc1Cl. The Balaban J connectivity index is 1.61. The minimum Gasteiger partial charge on any atom is -0.378 e. The first-order valence-electron chi connectivity index (χ1n) is 7.26. The highest BCUT2D eigenvalue weighted by molar-refractivity contribution is 6.33. The van der Waals surface area contributed by atoms with Gasteiger partial charge in [0, 0.05) is 25.5 Å². The molecule has 110 valence electrons. The maximum atomic E-state index is 11.9. The van der Waals surface area contributed by atoms with E-state index in [2.05, 4.69) is 10.3 Å². The largest absolute Gasteiger partial charge is 0.378 e. The van der Waals surface area contributed by atoms with Crippen molar-refractivity contribution in [2.45, 2.75) is 44.6 Å². The first kappa shape index (κ1) is 15.3. The predicted molar refractivity (Wildman–Crippen MR) is 79.0 cm³/mol. The summed E-state index contributed by atoms with van der Waals surface area (Å²) in [6.45, 7) is 1.30. The van der Waals surface area contributed by atoms with Crippen LogP contribution in [0.4, 0.5) is 0 Å². The monoisotopic (exact) mass is 296 g/mol. The fourth-order valence-corrected chi connectivity index (χ4v) is 2.62. The van der Waals surface area contributed by atoms with E-state index in [1.807, 2.05) is 0 Å². The second kappa shape index (κ2) is 8.22. The number of carbonyl (C=O) groups is 1. The van der Waals surface area contributed by atoms with E-state index in [9.17, 15) is 4.79 Å². The smallest absolute Gasteiger partial charge is 0.252 e. The van der Waals surface area contributed by atoms with Gasteiger partial charge in [0.05, 0.1) is 16.7 Å². The molecule has 1 aromatic heterocycles. The molecular formula is C15H21ClN2O2. The van der Waals surface area contributed by atoms with Crippen molar-refractivity contribution in [2.75, 3.05) is 13.2 Å². The zero-order valence-electron chi connectivity index (χ0n) is 11.6. The zero-order chi connectivity index (χ0) is 14.2. The van der Waals surface area contributed by atoms with Gasteiger partial charge >= 0.3 is 0 Å². The maximum absolute atomic E-state index is 11.9. The molecule has 1 N–H and O–H groups in total. The third kappa shape index (κ3) is 4.76. The number of nitrogens with zero attached hydrogens (tertiary/aromatic N) is 1. The van der Waals surface area contributed by atoms with Crippen LogP contribution in [0.2, 0.25) is 5.02 Å². The molecule has 0 unspecified atom stereocenters. The summed E-state index contributed by atoms with van der Waals surface area (Å²) in [6.07, 6.45) is 10.5. The topological polar surface area (TPSA) is 51.2 Å². The zero-order valence-corrected chi connectivity index (χ0v) is 12.4. The van der Waals surface area contributed by atoms with Crippen molar-refractivity contribution in [1.29, 1.82) is 0 Å². The van der Waals surface area contributed by atoms with E-state index in [4.69, 9.17) is 16.3 Å². The number of carbonyl (C=O) groups excluding carboxylic acids is 1. The van der Waals surface area contributed by atoms with Gasteiger partial charge in [-0.2, -0.15) is 0 Å². The standard InChI is InChI=1S/C15H21ClN2O2/c16-14-11-17-9-7-13(14)15(19)18-8-4-10-20-12-5-2-1-3-6-12/h7,9,11-12H,1-6,8,10H2,(H,18,19). The van der Waals surface area contributed by atoms with Crippen molar-refractivity contribution in [2.24, 2.45) is 0 Å². The molecule has 0 aliphatic heterocycles. The lowest BCUT2D eigenvalue weighted by Crippen LogP contribution is -2.26. The van der Waals surface area contributed by atoms with Crippen molar-refractivity contribution in [1.82, 2.24) is 10.3 Å². The molecule has 1 fully saturated rings. The van der Waals surface area contributed by atoms with Crippen molar-refractivity contribution in [3.63, 3.8) is 0 Å². The summed E-state index contributed by atoms with van der Waals surface area (Å²) < 4.78 is 5.81. The van der Waals surface area contributed by atoms with Crippen LogP contribution in [0, 0.1) is 0 Å². The van der Waals surface area contributed by atoms with E-state index in [1.165, 1.54) is 38.3 Å². The third-order valence-electron chi connectivity index (χ3n) is 3.53. The Morgan fingerprint density at radius 1 is 1.40 bits per heavy atom. The van der Waals surface area contributed by atoms with E-state index in [-0.39, 0.29) is 5.91 Å². The Morgan fingerprint density at radius 2 is 2.20 bits per heavy atom. The second-order valence-corrected chi connectivity index (χ2v) is 5.50. The van der Waals surface area contributed by atoms with Crippen LogP contribution in [0.5, 0.6) is 0 Å². The fraction of sp³-hybridized carbons (Fsp3) is 0.600. The number of amides is 1. The van der Waals surface area contributed by atoms with E-state index >= 15 is 0 Å². The van der Waals surface area contributed by atoms with Gasteiger partial charge in [0.25, 0.3) is 5.91 Å². The highest BCUT2D eigenvalue weighted by Crippen LogP contribution is 2.20. The first-order valence-corrected chi connectivity index (χ1v) is 7.64. The van der Waals surface area contributed by atoms with E-state index in [0.717, 1.165) is 6.42 Å². The average molecular weight is 297 g/mol. The highest BCUT2D eigenvalue weighted by Gasteiger charge is 2.13. The first-order chi connectivity index (χ1) is 9.77. The molecule has 1 aliphatic carbocycles. The van der Waals surface area contributed by atoms with Gasteiger partial charge in [0.15, 0.2) is 0 Å². The van der Waals surface area contributed by atoms with E-state index in [0.29, 0.717) is 29.8 Å². The second-order valence-electron chi connectivity index (χ2n) is 5.10. The molecule has 0 spiro atoms. The van der Waals surface area contributed by atoms with Gasteiger partial charge in [-0.05, 0) is 25.3 Å². The normalized spacial score (nSPS) is 16.1. The molecule has 0 radical (unpaired) electrons. The van der Waals surface area contributed by atoms with Crippen molar-refractivity contribution >= 4 is 17.5 Å². The van der Waals surface area contributed by atoms with Crippen LogP contribution in [0.25, 0.3) is 0 Å². The van der Waals surface area contributed by atoms with Gasteiger partial charge in [-0.15, -0.1) is 0 Å². The number of pyridine rings is 1. The molecular weight excluding hydrogens is 276 g/mol. The summed E-state index contributed by atoms with van der Waals surface area (Å²) >= 11 is 5.91. The summed E-state index contributed by atoms with van der Waals surface area (Å²) in [4.78, 5) is 15.7. The molecule has 1 aromatic rings. The summed E-state index contributed by atoms with van der Waals surface area (Å²) in [5, 5.41) is 3.22. The number of hydrogen-bond acceptors (Lipinski definition) is 3. The molecule has 5 heteroatoms. The van der Waals surface area contributed by atoms with Gasteiger partial charge in [-0.25, -0.2) is 0 Å². The van der Waals surface area contributed by atoms with E-state index in [1.54, 1.807) is 12.3 Å². The molecule has 20 heavy (non-hydrogen) atoms. The Bertz CT molecular complexity index is 434. The van der Waals surface area contributed by atoms with Crippen LogP contribution < -0.4 is 5.32 Å². The molecule has 0 bridgehead atoms. The lowest BCUT2D eigenvalue weighted by Gasteiger charge is -2.21. The molecule has 1 amide bonds. The molecule has 2 rings (SSSR count). The van der Waals surface area contributed by atoms with Crippen molar-refractivity contribution in [3.05, 3.63) is 29.0 Å². The summed E-state index contributed by atoms with van der Waals surface area (Å²) in [5.74, 6) is -0.157. The highest BCUT2D eigenvalue weighted by atomic mass is 35.5. The Hall–Kier alpha value is -1.13. The Labute approximate surface area is 124 Å². The van der Waals surface area contributed by atoms with Crippen LogP contribution in [0.3, 0.4) is 0 Å². The molecule has 4 nitrogen and oxygen atoms in total. The number of aromatic nitrogens is 1. The van der Waals surface area contributed by atoms with Crippen LogP contribution in [-0.4, -0.2) is 30.1 Å². The molecule has 1 aliphatic rings. The van der Waals surface area contributed by atoms with Gasteiger partial charge in [-0.3, -0.25) is 9.78 Å². The minimum absolute atomic E-state index is 0.157. The lowest BCUT2D eigenvalue weighted by atomic mass is 9.98. The summed E-state index contributed by atoms with van der Waals surface area (Å²) in [5.41, 5.74) is 0.467. The van der Waals surface area contributed by atoms with Crippen LogP contribution >= 0.6 is 11.6 Å². The summed E-state index contributed by atoms with van der Waals surface area (Å²) in [7, 11) is 0. The molecule has 1 heterocycles. The van der Waals surface area contributed by atoms with Gasteiger partial charge < -0.3 is 10.1 Å². The summed E-state index contributed by atoms with van der Waals surface area (Å²) in [6, 6.07) is 1.62. The fourth-order valence-electron chi connectivity index (χ4n) is 2.41. The van der Waals surface area contributed by atoms with Crippen molar-refractivity contribution < 1.29 is 9.53 Å². The predicted octanol–water partition coefficient (Wildman–Crippen LogP) is 3.20. The molecule has 0 saturated heterocycles. The number of nitrogens with one attached hydrogen (secondary N) is 1. The number of hydrogen-bond donors (Lipinski definition) is 1. The lowest BCUT2D eigenvalue weighted by molar-refractivity contribution is 0.0273. The van der Waals surface area contributed by atoms with E-state index < -0.39 is 0 Å². The van der Waals surface area contributed by atoms with Crippen molar-refractivity contribution in [3.8, 4) is 0 Å². The maximum Gasteiger partial charge on any atom is 0.252 e. The Kier molecular flexibility index (Phi) is 6.27. The van der Waals surface area contributed by atoms with Gasteiger partial charge in [0.1, 0.15) is 0 Å². The van der Waals surface area contributed by atoms with Gasteiger partial charge in [-0.1, -0.05) is 30.9 Å². The molecule has 1 saturated carbocycles. The number of ether oxygens (including phenoxy) is 1. The van der Waals surface area contributed by atoms with Crippen LogP contribution in [-0.2, 0) is 4.74 Å². The van der Waals surface area contributed by atoms with Crippen LogP contribution in [0.1, 0.15) is 48.9 Å². The Morgan fingerprint density at radius 3 is 2.95 bits per heavy atom. The minimum atomic E-state index is -0.157.